The fourth-order valence-electron chi connectivity index (χ4n) is 7.13. The summed E-state index contributed by atoms with van der Waals surface area (Å²) in [6.45, 7) is 7.63. The Morgan fingerprint density at radius 2 is 1.39 bits per heavy atom. The number of rotatable bonds is 8. The first kappa shape index (κ1) is 35.2. The molecule has 0 unspecified atom stereocenters. The molecule has 0 saturated carbocycles. The second-order valence-corrected chi connectivity index (χ2v) is 14.1. The van der Waals surface area contributed by atoms with Crippen LogP contribution in [0.5, 0.6) is 0 Å². The first-order chi connectivity index (χ1) is 24.3. The molecule has 51 heavy (non-hydrogen) atoms. The van der Waals surface area contributed by atoms with Crippen LogP contribution in [-0.2, 0) is 19.2 Å². The molecule has 3 heterocycles. The first-order valence-electron chi connectivity index (χ1n) is 17.2. The Labute approximate surface area is 296 Å². The summed E-state index contributed by atoms with van der Waals surface area (Å²) in [6, 6.07) is 20.9. The van der Waals surface area contributed by atoms with Crippen LogP contribution in [-0.4, -0.2) is 80.2 Å². The van der Waals surface area contributed by atoms with Gasteiger partial charge in [0.1, 0.15) is 29.5 Å². The predicted octanol–water partition coefficient (Wildman–Crippen LogP) is 6.50. The highest BCUT2D eigenvalue weighted by molar-refractivity contribution is 6.00. The number of likely N-dealkylation sites (tertiary alicyclic amines) is 2. The van der Waals surface area contributed by atoms with E-state index in [1.54, 1.807) is 80.3 Å². The van der Waals surface area contributed by atoms with Gasteiger partial charge in [-0.05, 0) is 101 Å². The molecule has 3 aromatic carbocycles. The minimum Gasteiger partial charge on any atom is -0.465 e. The lowest BCUT2D eigenvalue weighted by atomic mass is 9.97. The molecule has 2 saturated heterocycles. The van der Waals surface area contributed by atoms with Crippen LogP contribution in [0.3, 0.4) is 0 Å². The maximum atomic E-state index is 14.1. The summed E-state index contributed by atoms with van der Waals surface area (Å²) in [7, 11) is 0. The highest BCUT2D eigenvalue weighted by Gasteiger charge is 2.44. The number of anilines is 2. The van der Waals surface area contributed by atoms with Crippen LogP contribution in [0.4, 0.5) is 16.2 Å². The third-order valence-corrected chi connectivity index (χ3v) is 9.56. The van der Waals surface area contributed by atoms with E-state index >= 15 is 0 Å². The highest BCUT2D eigenvalue weighted by Crippen LogP contribution is 2.34. The van der Waals surface area contributed by atoms with Gasteiger partial charge in [0.15, 0.2) is 0 Å². The number of carbonyl (C=O) groups excluding carboxylic acids is 4. The Morgan fingerprint density at radius 1 is 0.804 bits per heavy atom. The van der Waals surface area contributed by atoms with Crippen molar-refractivity contribution in [1.29, 1.82) is 0 Å². The lowest BCUT2D eigenvalue weighted by Gasteiger charge is -2.41. The van der Waals surface area contributed by atoms with E-state index in [0.29, 0.717) is 60.6 Å². The van der Waals surface area contributed by atoms with Crippen LogP contribution in [0.15, 0.2) is 83.3 Å². The van der Waals surface area contributed by atoms with Crippen molar-refractivity contribution in [2.75, 3.05) is 23.7 Å². The van der Waals surface area contributed by atoms with E-state index in [1.807, 2.05) is 24.3 Å². The molecule has 4 aromatic rings. The van der Waals surface area contributed by atoms with Gasteiger partial charge in [0.25, 0.3) is 5.91 Å². The summed E-state index contributed by atoms with van der Waals surface area (Å²) < 4.78 is 6.08. The summed E-state index contributed by atoms with van der Waals surface area (Å²) in [5.74, 6) is -0.500. The maximum absolute atomic E-state index is 14.1. The first-order valence-corrected chi connectivity index (χ1v) is 17.2. The van der Waals surface area contributed by atoms with Crippen molar-refractivity contribution in [1.82, 2.24) is 14.7 Å². The van der Waals surface area contributed by atoms with Gasteiger partial charge in [0.05, 0.1) is 0 Å². The molecule has 0 aliphatic carbocycles. The molecule has 266 valence electrons. The van der Waals surface area contributed by atoms with Crippen LogP contribution in [0.1, 0.15) is 65.0 Å². The van der Waals surface area contributed by atoms with E-state index in [0.717, 1.165) is 22.3 Å². The number of furan rings is 1. The Morgan fingerprint density at radius 3 is 2.00 bits per heavy atom. The van der Waals surface area contributed by atoms with Gasteiger partial charge in [-0.3, -0.25) is 24.1 Å². The molecule has 12 heteroatoms. The molecule has 6 rings (SSSR count). The number of benzene rings is 3. The lowest BCUT2D eigenvalue weighted by molar-refractivity contribution is -0.142. The third-order valence-electron chi connectivity index (χ3n) is 9.56. The summed E-state index contributed by atoms with van der Waals surface area (Å²) in [5.41, 5.74) is 2.22. The normalized spacial score (nSPS) is 18.0. The lowest BCUT2D eigenvalue weighted by Crippen LogP contribution is -2.54. The van der Waals surface area contributed by atoms with E-state index in [4.69, 9.17) is 4.42 Å². The molecule has 0 radical (unpaired) electrons. The Balaban J connectivity index is 1.14. The molecule has 3 atom stereocenters. The zero-order valence-electron chi connectivity index (χ0n) is 29.2. The van der Waals surface area contributed by atoms with E-state index in [2.05, 4.69) is 10.6 Å². The molecule has 2 aliphatic heterocycles. The summed E-state index contributed by atoms with van der Waals surface area (Å²) in [6.07, 6.45) is 1.28. The van der Waals surface area contributed by atoms with Gasteiger partial charge >= 0.3 is 6.09 Å². The molecular formula is C39H43N5O7. The van der Waals surface area contributed by atoms with Crippen molar-refractivity contribution in [3.8, 4) is 11.3 Å². The molecular weight excluding hydrogens is 650 g/mol. The van der Waals surface area contributed by atoms with Gasteiger partial charge in [-0.25, -0.2) is 4.79 Å². The fourth-order valence-corrected chi connectivity index (χ4v) is 7.13. The molecule has 2 fully saturated rings. The average Bonchev–Trinajstić information content (AvgIpc) is 3.87. The van der Waals surface area contributed by atoms with Crippen LogP contribution >= 0.6 is 0 Å². The van der Waals surface area contributed by atoms with Crippen LogP contribution in [0, 0.1) is 0 Å². The molecule has 0 bridgehead atoms. The van der Waals surface area contributed by atoms with E-state index < -0.39 is 35.7 Å². The van der Waals surface area contributed by atoms with E-state index in [-0.39, 0.29) is 17.7 Å². The monoisotopic (exact) mass is 693 g/mol. The third kappa shape index (κ3) is 7.45. The van der Waals surface area contributed by atoms with E-state index in [9.17, 15) is 29.1 Å². The summed E-state index contributed by atoms with van der Waals surface area (Å²) in [4.78, 5) is 69.3. The molecule has 0 spiro atoms. The molecule has 1 aromatic heterocycles. The molecule has 12 nitrogen and oxygen atoms in total. The standard InChI is InChI=1S/C39H43N5O7/c1-24(45)42-20-8-12-30(42)35(46)41-29-18-19-32-27(22-29)23-33(51-32)25-14-16-28(17-15-25)40-36(47)31-13-9-21-43(31)37(48)34(26-10-6-5-7-11-26)44(38(49)50)39(2,3)4/h5-7,10-11,14-19,22-23,30-31,34H,8-9,12-13,20-21H2,1-4H3,(H,40,47)(H,41,46)(H,49,50)/t30-,31-,34+/m0/s1. The zero-order chi connectivity index (χ0) is 36.4. The molecule has 5 amide bonds. The average molecular weight is 694 g/mol. The topological polar surface area (TPSA) is 152 Å². The second kappa shape index (κ2) is 14.3. The highest BCUT2D eigenvalue weighted by atomic mass is 16.4. The van der Waals surface area contributed by atoms with Crippen molar-refractivity contribution in [2.45, 2.75) is 77.0 Å². The SMILES string of the molecule is CC(=O)N1CCC[C@H]1C(=O)Nc1ccc2oc(-c3ccc(NC(=O)[C@@H]4CCCN4C(=O)[C@@H](c4ccccc4)N(C(=O)O)C(C)(C)C)cc3)cc2c1. The minimum absolute atomic E-state index is 0.110. The number of hydrogen-bond donors (Lipinski definition) is 3. The van der Waals surface area contributed by atoms with E-state index in [1.165, 1.54) is 11.8 Å². The van der Waals surface area contributed by atoms with Gasteiger partial charge in [-0.15, -0.1) is 0 Å². The molecule has 3 N–H and O–H groups in total. The largest absolute Gasteiger partial charge is 0.465 e. The van der Waals surface area contributed by atoms with Crippen LogP contribution in [0.25, 0.3) is 22.3 Å². The van der Waals surface area contributed by atoms with Crippen molar-refractivity contribution in [3.05, 3.63) is 84.4 Å². The van der Waals surface area contributed by atoms with Gasteiger partial charge in [0.2, 0.25) is 17.7 Å². The second-order valence-electron chi connectivity index (χ2n) is 14.1. The van der Waals surface area contributed by atoms with Crippen molar-refractivity contribution in [3.63, 3.8) is 0 Å². The Hall–Kier alpha value is -5.65. The van der Waals surface area contributed by atoms with Crippen molar-refractivity contribution < 1.29 is 33.5 Å². The van der Waals surface area contributed by atoms with Crippen molar-refractivity contribution >= 4 is 52.1 Å². The Kier molecular flexibility index (Phi) is 9.86. The van der Waals surface area contributed by atoms with Gasteiger partial charge < -0.3 is 30.0 Å². The van der Waals surface area contributed by atoms with Crippen molar-refractivity contribution in [2.24, 2.45) is 0 Å². The smallest absolute Gasteiger partial charge is 0.408 e. The predicted molar refractivity (Wildman–Crippen MR) is 193 cm³/mol. The summed E-state index contributed by atoms with van der Waals surface area (Å²) in [5, 5.41) is 16.9. The number of carbonyl (C=O) groups is 5. The van der Waals surface area contributed by atoms with Crippen LogP contribution in [0.2, 0.25) is 0 Å². The summed E-state index contributed by atoms with van der Waals surface area (Å²) >= 11 is 0. The van der Waals surface area contributed by atoms with Crippen LogP contribution < -0.4 is 10.6 Å². The number of amides is 5. The Bertz CT molecular complexity index is 1950. The fraction of sp³-hybridized carbons (Fsp3) is 0.359. The zero-order valence-corrected chi connectivity index (χ0v) is 29.2. The molecule has 2 aliphatic rings. The van der Waals surface area contributed by atoms with Gasteiger partial charge in [-0.2, -0.15) is 0 Å². The minimum atomic E-state index is -1.22. The van der Waals surface area contributed by atoms with Gasteiger partial charge in [0, 0.05) is 47.9 Å². The number of nitrogens with one attached hydrogen (secondary N) is 2. The number of nitrogens with zero attached hydrogens (tertiary/aromatic N) is 3. The number of fused-ring (bicyclic) bond motifs is 1. The number of carboxylic acid groups (broad SMARTS) is 1. The quantitative estimate of drug-likeness (QED) is 0.191. The van der Waals surface area contributed by atoms with Gasteiger partial charge in [-0.1, -0.05) is 30.3 Å². The maximum Gasteiger partial charge on any atom is 0.408 e. The number of hydrogen-bond acceptors (Lipinski definition) is 6.